The monoisotopic (exact) mass is 444 g/mol. The number of rotatable bonds is 8. The minimum absolute atomic E-state index is 0. The zero-order valence-corrected chi connectivity index (χ0v) is 17.2. The summed E-state index contributed by atoms with van der Waals surface area (Å²) in [5.74, 6) is 1.34. The van der Waals surface area contributed by atoms with E-state index >= 15 is 0 Å². The fourth-order valence-corrected chi connectivity index (χ4v) is 2.90. The Balaban J connectivity index is 0.00000338. The number of hydrogen-bond acceptors (Lipinski definition) is 5. The second-order valence-corrected chi connectivity index (χ2v) is 6.03. The number of para-hydroxylation sites is 2. The molecule has 6 nitrogen and oxygen atoms in total. The summed E-state index contributed by atoms with van der Waals surface area (Å²) in [5.41, 5.74) is 1.63. The van der Waals surface area contributed by atoms with Crippen molar-refractivity contribution in [2.24, 2.45) is 0 Å². The molecule has 2 aromatic rings. The van der Waals surface area contributed by atoms with Gasteiger partial charge in [-0.05, 0) is 52.8 Å². The van der Waals surface area contributed by atoms with Crippen molar-refractivity contribution in [1.82, 2.24) is 5.32 Å². The first-order chi connectivity index (χ1) is 12.1. The first kappa shape index (κ1) is 22.1. The van der Waals surface area contributed by atoms with Gasteiger partial charge in [-0.25, -0.2) is 0 Å². The van der Waals surface area contributed by atoms with Crippen LogP contribution in [-0.2, 0) is 11.3 Å². The van der Waals surface area contributed by atoms with Crippen LogP contribution in [0.2, 0.25) is 0 Å². The molecule has 0 heterocycles. The molecule has 0 aromatic heterocycles. The lowest BCUT2D eigenvalue weighted by Gasteiger charge is -2.15. The molecule has 0 aliphatic rings. The second kappa shape index (κ2) is 10.9. The molecule has 2 N–H and O–H groups in total. The summed E-state index contributed by atoms with van der Waals surface area (Å²) in [6.07, 6.45) is 0. The van der Waals surface area contributed by atoms with E-state index in [1.54, 1.807) is 26.4 Å². The highest BCUT2D eigenvalue weighted by Gasteiger charge is 2.14. The summed E-state index contributed by atoms with van der Waals surface area (Å²) in [6.45, 7) is 0.544. The zero-order valence-electron chi connectivity index (χ0n) is 14.8. The highest BCUT2D eigenvalue weighted by Crippen LogP contribution is 2.36. The SMILES string of the molecule is CNCc1cc(Br)c(OCC(=O)Nc2ccccc2OC)c(OC)c1.Cl. The molecule has 0 unspecified atom stereocenters. The van der Waals surface area contributed by atoms with Crippen LogP contribution in [0.3, 0.4) is 0 Å². The Kier molecular flexibility index (Phi) is 9.26. The van der Waals surface area contributed by atoms with Gasteiger partial charge >= 0.3 is 0 Å². The highest BCUT2D eigenvalue weighted by molar-refractivity contribution is 9.10. The molecule has 0 saturated carbocycles. The van der Waals surface area contributed by atoms with E-state index in [9.17, 15) is 4.79 Å². The average molecular weight is 446 g/mol. The van der Waals surface area contributed by atoms with E-state index in [-0.39, 0.29) is 24.9 Å². The number of methoxy groups -OCH3 is 2. The van der Waals surface area contributed by atoms with E-state index < -0.39 is 0 Å². The minimum Gasteiger partial charge on any atom is -0.495 e. The first-order valence-corrected chi connectivity index (χ1v) is 8.45. The van der Waals surface area contributed by atoms with Gasteiger partial charge in [-0.3, -0.25) is 4.79 Å². The molecule has 0 saturated heterocycles. The van der Waals surface area contributed by atoms with Gasteiger partial charge in [0.25, 0.3) is 5.91 Å². The summed E-state index contributed by atoms with van der Waals surface area (Å²) in [5, 5.41) is 5.84. The highest BCUT2D eigenvalue weighted by atomic mass is 79.9. The first-order valence-electron chi connectivity index (χ1n) is 7.65. The number of benzene rings is 2. The third-order valence-corrected chi connectivity index (χ3v) is 3.99. The van der Waals surface area contributed by atoms with Gasteiger partial charge in [0.15, 0.2) is 18.1 Å². The normalized spacial score (nSPS) is 9.85. The molecular weight excluding hydrogens is 424 g/mol. The van der Waals surface area contributed by atoms with Crippen LogP contribution in [0.5, 0.6) is 17.2 Å². The summed E-state index contributed by atoms with van der Waals surface area (Å²) in [7, 11) is 4.98. The van der Waals surface area contributed by atoms with E-state index in [2.05, 4.69) is 26.6 Å². The maximum atomic E-state index is 12.2. The van der Waals surface area contributed by atoms with Crippen LogP contribution in [0.25, 0.3) is 0 Å². The molecule has 1 amide bonds. The van der Waals surface area contributed by atoms with E-state index in [0.29, 0.717) is 29.5 Å². The lowest BCUT2D eigenvalue weighted by atomic mass is 10.2. The maximum Gasteiger partial charge on any atom is 0.262 e. The summed E-state index contributed by atoms with van der Waals surface area (Å²) in [4.78, 5) is 12.2. The van der Waals surface area contributed by atoms with E-state index in [1.165, 1.54) is 0 Å². The maximum absolute atomic E-state index is 12.2. The lowest BCUT2D eigenvalue weighted by molar-refractivity contribution is -0.118. The summed E-state index contributed by atoms with van der Waals surface area (Å²) >= 11 is 3.46. The molecule has 142 valence electrons. The Bertz CT molecular complexity index is 743. The summed E-state index contributed by atoms with van der Waals surface area (Å²) in [6, 6.07) is 11.0. The fourth-order valence-electron chi connectivity index (χ4n) is 2.29. The van der Waals surface area contributed by atoms with Gasteiger partial charge in [0.2, 0.25) is 0 Å². The fraction of sp³-hybridized carbons (Fsp3) is 0.278. The van der Waals surface area contributed by atoms with Gasteiger partial charge in [-0.15, -0.1) is 12.4 Å². The van der Waals surface area contributed by atoms with Crippen LogP contribution in [0.1, 0.15) is 5.56 Å². The Morgan fingerprint density at radius 1 is 1.12 bits per heavy atom. The van der Waals surface area contributed by atoms with Crippen LogP contribution in [-0.4, -0.2) is 33.8 Å². The molecule has 2 rings (SSSR count). The van der Waals surface area contributed by atoms with Gasteiger partial charge in [0, 0.05) is 6.54 Å². The molecule has 0 spiro atoms. The van der Waals surface area contributed by atoms with Crippen LogP contribution in [0, 0.1) is 0 Å². The molecule has 0 bridgehead atoms. The van der Waals surface area contributed by atoms with E-state index in [0.717, 1.165) is 10.0 Å². The zero-order chi connectivity index (χ0) is 18.2. The van der Waals surface area contributed by atoms with Crippen LogP contribution in [0.15, 0.2) is 40.9 Å². The van der Waals surface area contributed by atoms with Crippen molar-refractivity contribution in [2.75, 3.05) is 33.2 Å². The molecule has 0 atom stereocenters. The molecule has 8 heteroatoms. The quantitative estimate of drug-likeness (QED) is 0.649. The third kappa shape index (κ3) is 5.79. The van der Waals surface area contributed by atoms with Crippen molar-refractivity contribution in [3.8, 4) is 17.2 Å². The smallest absolute Gasteiger partial charge is 0.262 e. The average Bonchev–Trinajstić information content (AvgIpc) is 2.61. The van der Waals surface area contributed by atoms with E-state index in [1.807, 2.05) is 31.3 Å². The van der Waals surface area contributed by atoms with Crippen molar-refractivity contribution < 1.29 is 19.0 Å². The van der Waals surface area contributed by atoms with Gasteiger partial charge in [-0.1, -0.05) is 12.1 Å². The van der Waals surface area contributed by atoms with Crippen molar-refractivity contribution in [3.63, 3.8) is 0 Å². The molecule has 2 aromatic carbocycles. The third-order valence-electron chi connectivity index (χ3n) is 3.40. The minimum atomic E-state index is -0.294. The second-order valence-electron chi connectivity index (χ2n) is 5.18. The molecule has 0 aliphatic carbocycles. The predicted molar refractivity (Wildman–Crippen MR) is 108 cm³/mol. The lowest BCUT2D eigenvalue weighted by Crippen LogP contribution is -2.21. The number of amides is 1. The van der Waals surface area contributed by atoms with Crippen molar-refractivity contribution in [2.45, 2.75) is 6.54 Å². The van der Waals surface area contributed by atoms with Crippen LogP contribution < -0.4 is 24.8 Å². The number of anilines is 1. The molecule has 0 fully saturated rings. The summed E-state index contributed by atoms with van der Waals surface area (Å²) < 4.78 is 17.0. The van der Waals surface area contributed by atoms with Crippen molar-refractivity contribution in [3.05, 3.63) is 46.4 Å². The van der Waals surface area contributed by atoms with Crippen LogP contribution >= 0.6 is 28.3 Å². The standard InChI is InChI=1S/C18H21BrN2O4.ClH/c1-20-10-12-8-13(19)18(16(9-12)24-3)25-11-17(22)21-14-6-4-5-7-15(14)23-2;/h4-9,20H,10-11H2,1-3H3,(H,21,22);1H. The molecule has 0 aliphatic heterocycles. The number of ether oxygens (including phenoxy) is 3. The number of carbonyl (C=O) groups excluding carboxylic acids is 1. The van der Waals surface area contributed by atoms with Crippen LogP contribution in [0.4, 0.5) is 5.69 Å². The number of halogens is 2. The molecule has 0 radical (unpaired) electrons. The Hall–Kier alpha value is -1.96. The number of hydrogen-bond donors (Lipinski definition) is 2. The van der Waals surface area contributed by atoms with Crippen molar-refractivity contribution >= 4 is 39.9 Å². The van der Waals surface area contributed by atoms with E-state index in [4.69, 9.17) is 14.2 Å². The molecular formula is C18H22BrClN2O4. The topological polar surface area (TPSA) is 68.8 Å². The Morgan fingerprint density at radius 2 is 1.81 bits per heavy atom. The molecule has 26 heavy (non-hydrogen) atoms. The Morgan fingerprint density at radius 3 is 2.46 bits per heavy atom. The Labute approximate surface area is 167 Å². The van der Waals surface area contributed by atoms with Gasteiger partial charge in [0.1, 0.15) is 5.75 Å². The van der Waals surface area contributed by atoms with Gasteiger partial charge in [0.05, 0.1) is 24.4 Å². The van der Waals surface area contributed by atoms with Crippen molar-refractivity contribution in [1.29, 1.82) is 0 Å². The number of carbonyl (C=O) groups is 1. The predicted octanol–water partition coefficient (Wildman–Crippen LogP) is 3.63. The van der Waals surface area contributed by atoms with Gasteiger partial charge < -0.3 is 24.8 Å². The largest absolute Gasteiger partial charge is 0.495 e. The number of nitrogens with one attached hydrogen (secondary N) is 2. The van der Waals surface area contributed by atoms with Gasteiger partial charge in [-0.2, -0.15) is 0 Å².